The van der Waals surface area contributed by atoms with Gasteiger partial charge in [-0.15, -0.1) is 0 Å². The van der Waals surface area contributed by atoms with E-state index in [-0.39, 0.29) is 11.4 Å². The van der Waals surface area contributed by atoms with Gasteiger partial charge in [-0.3, -0.25) is 14.5 Å². The van der Waals surface area contributed by atoms with Crippen LogP contribution in [0.1, 0.15) is 20.3 Å². The normalized spacial score (nSPS) is 16.9. The quantitative estimate of drug-likeness (QED) is 0.656. The van der Waals surface area contributed by atoms with Crippen molar-refractivity contribution in [2.24, 2.45) is 0 Å². The average molecular weight is 370 g/mol. The molecule has 1 aromatic carbocycles. The Morgan fingerprint density at radius 3 is 2.58 bits per heavy atom. The van der Waals surface area contributed by atoms with E-state index < -0.39 is 43.0 Å². The molecule has 0 unspecified atom stereocenters. The summed E-state index contributed by atoms with van der Waals surface area (Å²) in [5.74, 6) is -2.78. The van der Waals surface area contributed by atoms with Crippen LogP contribution < -0.4 is 10.2 Å². The molecule has 140 valence electrons. The molecular formula is C17H17F3N2O4. The zero-order chi connectivity index (χ0) is 19.5. The lowest BCUT2D eigenvalue weighted by Crippen LogP contribution is -2.51. The summed E-state index contributed by atoms with van der Waals surface area (Å²) in [5.41, 5.74) is 0.586. The molecule has 2 rings (SSSR count). The summed E-state index contributed by atoms with van der Waals surface area (Å²) >= 11 is 0. The van der Waals surface area contributed by atoms with Crippen LogP contribution in [0.2, 0.25) is 0 Å². The van der Waals surface area contributed by atoms with E-state index in [1.165, 1.54) is 24.3 Å². The molecule has 6 nitrogen and oxygen atoms in total. The van der Waals surface area contributed by atoms with Crippen LogP contribution in [0.3, 0.4) is 0 Å². The Balaban J connectivity index is 2.36. The van der Waals surface area contributed by atoms with Crippen LogP contribution in [0, 0.1) is 0 Å². The van der Waals surface area contributed by atoms with Crippen molar-refractivity contribution in [1.29, 1.82) is 0 Å². The van der Waals surface area contributed by atoms with Crippen molar-refractivity contribution in [3.8, 4) is 0 Å². The first-order chi connectivity index (χ1) is 12.1. The zero-order valence-electron chi connectivity index (χ0n) is 14.1. The number of carbonyl (C=O) groups is 3. The lowest BCUT2D eigenvalue weighted by molar-refractivity contribution is -0.159. The zero-order valence-corrected chi connectivity index (χ0v) is 14.1. The molecule has 0 fully saturated rings. The maximum atomic E-state index is 13.5. The van der Waals surface area contributed by atoms with Gasteiger partial charge in [0.1, 0.15) is 6.04 Å². The highest BCUT2D eigenvalue weighted by Gasteiger charge is 2.49. The third-order valence-electron chi connectivity index (χ3n) is 3.52. The molecule has 0 saturated carbocycles. The van der Waals surface area contributed by atoms with E-state index in [4.69, 9.17) is 4.74 Å². The number of alkyl halides is 3. The minimum absolute atomic E-state index is 0.0771. The van der Waals surface area contributed by atoms with E-state index in [9.17, 15) is 27.6 Å². The summed E-state index contributed by atoms with van der Waals surface area (Å²) in [6.45, 7) is 2.38. The predicted molar refractivity (Wildman–Crippen MR) is 87.4 cm³/mol. The fourth-order valence-electron chi connectivity index (χ4n) is 2.48. The summed E-state index contributed by atoms with van der Waals surface area (Å²) in [5, 5.41) is 2.35. The van der Waals surface area contributed by atoms with Gasteiger partial charge in [0, 0.05) is 6.08 Å². The Bertz CT molecular complexity index is 755. The Morgan fingerprint density at radius 2 is 1.96 bits per heavy atom. The highest BCUT2D eigenvalue weighted by Crippen LogP contribution is 2.37. The first-order valence-corrected chi connectivity index (χ1v) is 7.69. The lowest BCUT2D eigenvalue weighted by atomic mass is 10.1. The average Bonchev–Trinajstić information content (AvgIpc) is 2.67. The molecule has 1 heterocycles. The van der Waals surface area contributed by atoms with Gasteiger partial charge in [-0.1, -0.05) is 17.7 Å². The van der Waals surface area contributed by atoms with Crippen molar-refractivity contribution in [2.75, 3.05) is 16.8 Å². The molecule has 0 bridgehead atoms. The maximum Gasteiger partial charge on any atom is 0.409 e. The molecule has 0 spiro atoms. The number of benzene rings is 1. The number of anilines is 2. The second kappa shape index (κ2) is 7.59. The first-order valence-electron chi connectivity index (χ1n) is 7.69. The fourth-order valence-corrected chi connectivity index (χ4v) is 2.48. The molecule has 1 aliphatic rings. The van der Waals surface area contributed by atoms with Crippen LogP contribution >= 0.6 is 0 Å². The maximum absolute atomic E-state index is 13.5. The number of para-hydroxylation sites is 2. The van der Waals surface area contributed by atoms with Gasteiger partial charge in [-0.05, 0) is 26.0 Å². The van der Waals surface area contributed by atoms with Gasteiger partial charge in [0.05, 0.1) is 17.8 Å². The third-order valence-corrected chi connectivity index (χ3v) is 3.52. The minimum Gasteiger partial charge on any atom is -0.452 e. The molecule has 1 atom stereocenters. The van der Waals surface area contributed by atoms with Gasteiger partial charge in [-0.25, -0.2) is 4.79 Å². The summed E-state index contributed by atoms with van der Waals surface area (Å²) in [4.78, 5) is 36.3. The Hall–Kier alpha value is -2.84. The van der Waals surface area contributed by atoms with Gasteiger partial charge < -0.3 is 10.1 Å². The van der Waals surface area contributed by atoms with Crippen molar-refractivity contribution < 1.29 is 32.3 Å². The summed E-state index contributed by atoms with van der Waals surface area (Å²) < 4.78 is 45.2. The van der Waals surface area contributed by atoms with E-state index in [2.05, 4.69) is 5.32 Å². The molecule has 0 saturated heterocycles. The molecule has 26 heavy (non-hydrogen) atoms. The van der Waals surface area contributed by atoms with Gasteiger partial charge in [-0.2, -0.15) is 13.2 Å². The van der Waals surface area contributed by atoms with E-state index in [0.717, 1.165) is 6.08 Å². The number of rotatable bonds is 3. The Labute approximate surface area is 147 Å². The minimum atomic E-state index is -4.84. The summed E-state index contributed by atoms with van der Waals surface area (Å²) in [6.07, 6.45) is -4.67. The first kappa shape index (κ1) is 19.5. The number of allylic oxidation sites excluding steroid dienone is 1. The Kier molecular flexibility index (Phi) is 5.69. The van der Waals surface area contributed by atoms with Crippen molar-refractivity contribution >= 4 is 29.2 Å². The molecule has 2 amide bonds. The number of nitrogens with zero attached hydrogens (tertiary/aromatic N) is 1. The molecule has 0 aliphatic carbocycles. The number of ether oxygens (including phenoxy) is 1. The number of fused-ring (bicyclic) bond motifs is 1. The molecular weight excluding hydrogens is 353 g/mol. The van der Waals surface area contributed by atoms with E-state index in [1.54, 1.807) is 13.8 Å². The molecule has 1 aromatic rings. The number of halogens is 3. The smallest absolute Gasteiger partial charge is 0.409 e. The van der Waals surface area contributed by atoms with Crippen LogP contribution in [0.15, 0.2) is 35.9 Å². The van der Waals surface area contributed by atoms with Crippen LogP contribution in [0.5, 0.6) is 0 Å². The highest BCUT2D eigenvalue weighted by molar-refractivity contribution is 6.05. The second-order valence-electron chi connectivity index (χ2n) is 5.92. The van der Waals surface area contributed by atoms with Gasteiger partial charge in [0.15, 0.2) is 6.61 Å². The van der Waals surface area contributed by atoms with Crippen LogP contribution in [0.4, 0.5) is 24.5 Å². The fraction of sp³-hybridized carbons (Fsp3) is 0.353. The molecule has 1 N–H and O–H groups in total. The van der Waals surface area contributed by atoms with E-state index in [1.807, 2.05) is 0 Å². The number of nitrogens with one attached hydrogen (secondary N) is 1. The van der Waals surface area contributed by atoms with Crippen LogP contribution in [0.25, 0.3) is 0 Å². The van der Waals surface area contributed by atoms with Crippen molar-refractivity contribution in [3.63, 3.8) is 0 Å². The van der Waals surface area contributed by atoms with Gasteiger partial charge in [0.2, 0.25) is 5.91 Å². The van der Waals surface area contributed by atoms with Crippen LogP contribution in [-0.2, 0) is 19.1 Å². The predicted octanol–water partition coefficient (Wildman–Crippen LogP) is 2.80. The van der Waals surface area contributed by atoms with Crippen molar-refractivity contribution in [2.45, 2.75) is 32.5 Å². The molecule has 9 heteroatoms. The third kappa shape index (κ3) is 4.62. The van der Waals surface area contributed by atoms with Crippen LogP contribution in [-0.4, -0.2) is 36.6 Å². The largest absolute Gasteiger partial charge is 0.452 e. The van der Waals surface area contributed by atoms with Gasteiger partial charge >= 0.3 is 12.1 Å². The SMILES string of the molecule is CC(C)=CC(=O)OCC(=O)N1c2ccccc2NC(=O)C[C@H]1C(F)(F)F. The number of carbonyl (C=O) groups excluding carboxylic acids is 3. The van der Waals surface area contributed by atoms with E-state index >= 15 is 0 Å². The van der Waals surface area contributed by atoms with Crippen molar-refractivity contribution in [3.05, 3.63) is 35.9 Å². The topological polar surface area (TPSA) is 75.7 Å². The molecule has 1 aliphatic heterocycles. The van der Waals surface area contributed by atoms with Crippen molar-refractivity contribution in [1.82, 2.24) is 0 Å². The highest BCUT2D eigenvalue weighted by atomic mass is 19.4. The molecule has 0 radical (unpaired) electrons. The second-order valence-corrected chi connectivity index (χ2v) is 5.92. The summed E-state index contributed by atoms with van der Waals surface area (Å²) in [7, 11) is 0. The lowest BCUT2D eigenvalue weighted by Gasteiger charge is -2.31. The summed E-state index contributed by atoms with van der Waals surface area (Å²) in [6, 6.07) is 3.28. The Morgan fingerprint density at radius 1 is 1.31 bits per heavy atom. The molecule has 0 aromatic heterocycles. The number of hydrogen-bond acceptors (Lipinski definition) is 4. The number of hydrogen-bond donors (Lipinski definition) is 1. The number of esters is 1. The number of amides is 2. The monoisotopic (exact) mass is 370 g/mol. The van der Waals surface area contributed by atoms with E-state index in [0.29, 0.717) is 10.5 Å². The van der Waals surface area contributed by atoms with Gasteiger partial charge in [0.25, 0.3) is 5.91 Å². The standard InChI is InChI=1S/C17H17F3N2O4/c1-10(2)7-16(25)26-9-15(24)22-12-6-4-3-5-11(12)21-14(23)8-13(22)17(18,19)20/h3-7,13H,8-9H2,1-2H3,(H,21,23)/t13-/m0/s1.